The summed E-state index contributed by atoms with van der Waals surface area (Å²) in [6, 6.07) is 11.1. The van der Waals surface area contributed by atoms with Crippen molar-refractivity contribution in [3.63, 3.8) is 0 Å². The molecule has 0 aliphatic heterocycles. The van der Waals surface area contributed by atoms with E-state index >= 15 is 0 Å². The van der Waals surface area contributed by atoms with Crippen LogP contribution in [-0.4, -0.2) is 22.1 Å². The van der Waals surface area contributed by atoms with Crippen LogP contribution in [0.1, 0.15) is 10.5 Å². The van der Waals surface area contributed by atoms with E-state index in [4.69, 9.17) is 0 Å². The summed E-state index contributed by atoms with van der Waals surface area (Å²) in [6.45, 7) is -2.91. The smallest absolute Gasteiger partial charge is 0.387 e. The second kappa shape index (κ2) is 7.08. The largest absolute Gasteiger partial charge is 0.435 e. The number of nitrogens with one attached hydrogen (secondary N) is 1. The van der Waals surface area contributed by atoms with Gasteiger partial charge in [0.2, 0.25) is 0 Å². The quantitative estimate of drug-likeness (QED) is 0.762. The van der Waals surface area contributed by atoms with Gasteiger partial charge in [-0.05, 0) is 48.5 Å². The standard InChI is InChI=1S/C17H12F3N3O2/c18-11-1-5-13(6-2-11)23-10-21-9-15(23)16(24)22-12-3-7-14(8-4-12)25-17(19)20/h1-10,17H,(H,22,24). The molecule has 1 heterocycles. The van der Waals surface area contributed by atoms with Gasteiger partial charge in [0, 0.05) is 11.4 Å². The SMILES string of the molecule is O=C(Nc1ccc(OC(F)F)cc1)c1cncn1-c1ccc(F)cc1. The van der Waals surface area contributed by atoms with Gasteiger partial charge >= 0.3 is 6.61 Å². The van der Waals surface area contributed by atoms with Crippen molar-refractivity contribution in [1.82, 2.24) is 9.55 Å². The van der Waals surface area contributed by atoms with Gasteiger partial charge in [-0.15, -0.1) is 0 Å². The average Bonchev–Trinajstić information content (AvgIpc) is 3.06. The van der Waals surface area contributed by atoms with Crippen LogP contribution >= 0.6 is 0 Å². The molecule has 0 bridgehead atoms. The first-order valence-corrected chi connectivity index (χ1v) is 7.17. The molecule has 0 spiro atoms. The molecule has 0 atom stereocenters. The number of benzene rings is 2. The van der Waals surface area contributed by atoms with Crippen LogP contribution in [0.4, 0.5) is 18.9 Å². The maximum Gasteiger partial charge on any atom is 0.387 e. The zero-order valence-electron chi connectivity index (χ0n) is 12.7. The Hall–Kier alpha value is -3.29. The van der Waals surface area contributed by atoms with E-state index in [-0.39, 0.29) is 17.3 Å². The van der Waals surface area contributed by atoms with Gasteiger partial charge < -0.3 is 10.1 Å². The third-order valence-corrected chi connectivity index (χ3v) is 3.31. The molecule has 1 amide bonds. The van der Waals surface area contributed by atoms with Crippen molar-refractivity contribution in [3.05, 3.63) is 72.6 Å². The van der Waals surface area contributed by atoms with Gasteiger partial charge in [0.1, 0.15) is 17.3 Å². The summed E-state index contributed by atoms with van der Waals surface area (Å²) in [6.07, 6.45) is 2.80. The lowest BCUT2D eigenvalue weighted by Crippen LogP contribution is -2.16. The summed E-state index contributed by atoms with van der Waals surface area (Å²) in [5.74, 6) is -0.852. The summed E-state index contributed by atoms with van der Waals surface area (Å²) in [5.41, 5.74) is 1.21. The molecule has 0 aliphatic rings. The van der Waals surface area contributed by atoms with Gasteiger partial charge in [-0.2, -0.15) is 8.78 Å². The van der Waals surface area contributed by atoms with Gasteiger partial charge in [-0.3, -0.25) is 9.36 Å². The van der Waals surface area contributed by atoms with E-state index in [1.54, 1.807) is 0 Å². The molecule has 1 aromatic heterocycles. The van der Waals surface area contributed by atoms with Crippen molar-refractivity contribution in [2.75, 3.05) is 5.32 Å². The third-order valence-electron chi connectivity index (χ3n) is 3.31. The Balaban J connectivity index is 1.76. The first kappa shape index (κ1) is 16.6. The molecule has 0 saturated heterocycles. The highest BCUT2D eigenvalue weighted by atomic mass is 19.3. The van der Waals surface area contributed by atoms with Crippen LogP contribution in [0, 0.1) is 5.82 Å². The van der Waals surface area contributed by atoms with Crippen LogP contribution in [0.3, 0.4) is 0 Å². The predicted octanol–water partition coefficient (Wildman–Crippen LogP) is 3.87. The highest BCUT2D eigenvalue weighted by Crippen LogP contribution is 2.19. The third kappa shape index (κ3) is 3.97. The van der Waals surface area contributed by atoms with Gasteiger partial charge in [-0.25, -0.2) is 9.37 Å². The minimum absolute atomic E-state index is 0.00986. The summed E-state index contributed by atoms with van der Waals surface area (Å²) in [4.78, 5) is 16.3. The fraction of sp³-hybridized carbons (Fsp3) is 0.0588. The number of carbonyl (C=O) groups is 1. The Kier molecular flexibility index (Phi) is 4.69. The molecular weight excluding hydrogens is 335 g/mol. The number of carbonyl (C=O) groups excluding carboxylic acids is 1. The number of aromatic nitrogens is 2. The van der Waals surface area contributed by atoms with Gasteiger partial charge in [0.25, 0.3) is 5.91 Å². The number of anilines is 1. The van der Waals surface area contributed by atoms with E-state index in [2.05, 4.69) is 15.0 Å². The Morgan fingerprint density at radius 2 is 1.76 bits per heavy atom. The summed E-state index contributed by atoms with van der Waals surface area (Å²) in [7, 11) is 0. The molecule has 0 aliphatic carbocycles. The molecule has 5 nitrogen and oxygen atoms in total. The van der Waals surface area contributed by atoms with E-state index in [9.17, 15) is 18.0 Å². The Morgan fingerprint density at radius 3 is 2.40 bits per heavy atom. The molecule has 3 rings (SSSR count). The number of ether oxygens (including phenoxy) is 1. The molecular formula is C17H12F3N3O2. The summed E-state index contributed by atoms with van der Waals surface area (Å²) >= 11 is 0. The normalized spacial score (nSPS) is 10.7. The second-order valence-electron chi connectivity index (χ2n) is 4.98. The van der Waals surface area contributed by atoms with Gasteiger partial charge in [0.05, 0.1) is 12.5 Å². The van der Waals surface area contributed by atoms with E-state index in [0.29, 0.717) is 11.4 Å². The first-order chi connectivity index (χ1) is 12.0. The average molecular weight is 347 g/mol. The fourth-order valence-corrected chi connectivity index (χ4v) is 2.19. The van der Waals surface area contributed by atoms with Crippen LogP contribution in [-0.2, 0) is 0 Å². The zero-order valence-corrected chi connectivity index (χ0v) is 12.7. The van der Waals surface area contributed by atoms with Crippen LogP contribution in [0.25, 0.3) is 5.69 Å². The Labute approximate surface area is 140 Å². The molecule has 25 heavy (non-hydrogen) atoms. The number of amides is 1. The summed E-state index contributed by atoms with van der Waals surface area (Å²) in [5, 5.41) is 2.63. The highest BCUT2D eigenvalue weighted by molar-refractivity contribution is 6.03. The van der Waals surface area contributed by atoms with Crippen LogP contribution in [0.2, 0.25) is 0 Å². The van der Waals surface area contributed by atoms with Crippen molar-refractivity contribution in [2.24, 2.45) is 0 Å². The van der Waals surface area contributed by atoms with Gasteiger partial charge in [-0.1, -0.05) is 0 Å². The summed E-state index contributed by atoms with van der Waals surface area (Å²) < 4.78 is 43.0. The van der Waals surface area contributed by atoms with Crippen LogP contribution in [0.5, 0.6) is 5.75 Å². The number of hydrogen-bond acceptors (Lipinski definition) is 3. The Bertz CT molecular complexity index is 862. The lowest BCUT2D eigenvalue weighted by Gasteiger charge is -2.10. The number of halogens is 3. The Morgan fingerprint density at radius 1 is 1.08 bits per heavy atom. The number of rotatable bonds is 5. The minimum Gasteiger partial charge on any atom is -0.435 e. The van der Waals surface area contributed by atoms with E-state index in [1.807, 2.05) is 0 Å². The molecule has 1 N–H and O–H groups in total. The molecule has 0 unspecified atom stereocenters. The molecule has 3 aromatic rings. The number of alkyl halides is 2. The second-order valence-corrected chi connectivity index (χ2v) is 4.98. The lowest BCUT2D eigenvalue weighted by molar-refractivity contribution is -0.0498. The first-order valence-electron chi connectivity index (χ1n) is 7.17. The van der Waals surface area contributed by atoms with E-state index in [0.717, 1.165) is 0 Å². The van der Waals surface area contributed by atoms with Crippen molar-refractivity contribution < 1.29 is 22.7 Å². The van der Waals surface area contributed by atoms with Crippen LogP contribution in [0.15, 0.2) is 61.1 Å². The van der Waals surface area contributed by atoms with Crippen molar-refractivity contribution in [2.45, 2.75) is 6.61 Å². The lowest BCUT2D eigenvalue weighted by atomic mass is 10.2. The zero-order chi connectivity index (χ0) is 17.8. The predicted molar refractivity (Wildman–Crippen MR) is 84.5 cm³/mol. The highest BCUT2D eigenvalue weighted by Gasteiger charge is 2.14. The van der Waals surface area contributed by atoms with Crippen molar-refractivity contribution >= 4 is 11.6 Å². The molecule has 128 valence electrons. The molecule has 8 heteroatoms. The number of hydrogen-bond donors (Lipinski definition) is 1. The maximum absolute atomic E-state index is 13.0. The maximum atomic E-state index is 13.0. The molecule has 0 fully saturated rings. The number of imidazole rings is 1. The molecule has 0 saturated carbocycles. The van der Waals surface area contributed by atoms with Crippen molar-refractivity contribution in [1.29, 1.82) is 0 Å². The van der Waals surface area contributed by atoms with E-state index in [1.165, 1.54) is 65.6 Å². The topological polar surface area (TPSA) is 56.1 Å². The fourth-order valence-electron chi connectivity index (χ4n) is 2.19. The van der Waals surface area contributed by atoms with Crippen molar-refractivity contribution in [3.8, 4) is 11.4 Å². The van der Waals surface area contributed by atoms with E-state index < -0.39 is 12.5 Å². The van der Waals surface area contributed by atoms with Crippen LogP contribution < -0.4 is 10.1 Å². The monoisotopic (exact) mass is 347 g/mol. The molecule has 2 aromatic carbocycles. The van der Waals surface area contributed by atoms with Gasteiger partial charge in [0.15, 0.2) is 0 Å². The minimum atomic E-state index is -2.91. The molecule has 0 radical (unpaired) electrons. The number of nitrogens with zero attached hydrogens (tertiary/aromatic N) is 2.